The lowest BCUT2D eigenvalue weighted by Crippen LogP contribution is -2.46. The normalized spacial score (nSPS) is 20.5. The quantitative estimate of drug-likeness (QED) is 0.602. The third kappa shape index (κ3) is 5.42. The molecular formula is C21H25NO6S. The zero-order valence-electron chi connectivity index (χ0n) is 16.1. The molecule has 7 nitrogen and oxygen atoms in total. The molecule has 3 rings (SSSR count). The van der Waals surface area contributed by atoms with Gasteiger partial charge in [0.15, 0.2) is 0 Å². The Bertz CT molecular complexity index is 940. The van der Waals surface area contributed by atoms with Crippen molar-refractivity contribution in [1.82, 2.24) is 4.72 Å². The number of hydrogen-bond acceptors (Lipinski definition) is 5. The lowest BCUT2D eigenvalue weighted by Gasteiger charge is -2.20. The minimum atomic E-state index is -3.95. The van der Waals surface area contributed by atoms with Crippen LogP contribution in [-0.2, 0) is 32.6 Å². The number of nitrogens with one attached hydrogen (secondary N) is 1. The fourth-order valence-electron chi connectivity index (χ4n) is 3.45. The van der Waals surface area contributed by atoms with Crippen LogP contribution in [0.4, 0.5) is 0 Å². The maximum Gasteiger partial charge on any atom is 0.322 e. The van der Waals surface area contributed by atoms with Crippen LogP contribution in [0.15, 0.2) is 53.4 Å². The largest absolute Gasteiger partial charge is 0.480 e. The molecular weight excluding hydrogens is 394 g/mol. The summed E-state index contributed by atoms with van der Waals surface area (Å²) in [6.45, 7) is 1.99. The van der Waals surface area contributed by atoms with E-state index >= 15 is 0 Å². The van der Waals surface area contributed by atoms with Gasteiger partial charge in [-0.2, -0.15) is 4.72 Å². The molecule has 3 N–H and O–H groups in total. The van der Waals surface area contributed by atoms with E-state index in [1.807, 2.05) is 31.2 Å². The number of aryl methyl sites for hydroxylation is 1. The third-order valence-electron chi connectivity index (χ3n) is 5.13. The summed E-state index contributed by atoms with van der Waals surface area (Å²) in [7, 11) is -3.95. The number of ether oxygens (including phenoxy) is 1. The molecule has 1 fully saturated rings. The highest BCUT2D eigenvalue weighted by atomic mass is 32.2. The molecule has 0 bridgehead atoms. The summed E-state index contributed by atoms with van der Waals surface area (Å²) in [4.78, 5) is 11.8. The molecule has 1 aliphatic rings. The molecule has 1 aliphatic heterocycles. The number of hydrogen-bond donors (Lipinski definition) is 3. The molecule has 0 unspecified atom stereocenters. The highest BCUT2D eigenvalue weighted by Gasteiger charge is 2.38. The number of aliphatic hydroxyl groups is 1. The summed E-state index contributed by atoms with van der Waals surface area (Å²) < 4.78 is 33.3. The molecule has 2 aromatic rings. The highest BCUT2D eigenvalue weighted by molar-refractivity contribution is 7.89. The van der Waals surface area contributed by atoms with Crippen LogP contribution in [0.5, 0.6) is 0 Å². The first-order valence-corrected chi connectivity index (χ1v) is 10.9. The number of carboxylic acid groups (broad SMARTS) is 1. The van der Waals surface area contributed by atoms with Gasteiger partial charge in [-0.05, 0) is 43.0 Å². The van der Waals surface area contributed by atoms with Gasteiger partial charge >= 0.3 is 5.97 Å². The highest BCUT2D eigenvalue weighted by Crippen LogP contribution is 2.27. The minimum absolute atomic E-state index is 0.0241. The zero-order valence-corrected chi connectivity index (χ0v) is 16.9. The Hall–Kier alpha value is -2.26. The van der Waals surface area contributed by atoms with E-state index in [-0.39, 0.29) is 24.2 Å². The molecule has 2 aromatic carbocycles. The van der Waals surface area contributed by atoms with Gasteiger partial charge < -0.3 is 14.9 Å². The van der Waals surface area contributed by atoms with Crippen LogP contribution in [0.25, 0.3) is 0 Å². The molecule has 29 heavy (non-hydrogen) atoms. The van der Waals surface area contributed by atoms with Gasteiger partial charge in [-0.15, -0.1) is 0 Å². The Morgan fingerprint density at radius 1 is 1.14 bits per heavy atom. The van der Waals surface area contributed by atoms with Gasteiger partial charge in [0.05, 0.1) is 24.2 Å². The number of carboxylic acids is 1. The van der Waals surface area contributed by atoms with E-state index in [4.69, 9.17) is 9.84 Å². The standard InChI is InChI=1S/C21H25NO6S/c1-14-2-8-19(9-3-14)29(26,27)22-20(21(24)25)17-11-18(28-13-17)10-15-4-6-16(12-23)7-5-15/h2-9,17-18,20,22-23H,10-13H2,1H3,(H,24,25)/t17-,18-,20+/m0/s1. The van der Waals surface area contributed by atoms with E-state index in [0.29, 0.717) is 12.8 Å². The Morgan fingerprint density at radius 3 is 2.34 bits per heavy atom. The van der Waals surface area contributed by atoms with Crippen molar-refractivity contribution in [1.29, 1.82) is 0 Å². The van der Waals surface area contributed by atoms with Crippen LogP contribution >= 0.6 is 0 Å². The summed E-state index contributed by atoms with van der Waals surface area (Å²) in [5.74, 6) is -1.68. The fraction of sp³-hybridized carbons (Fsp3) is 0.381. The SMILES string of the molecule is Cc1ccc(S(=O)(=O)N[C@@H](C(=O)O)[C@@H]2CO[C@@H](Cc3ccc(CO)cc3)C2)cc1. The number of sulfonamides is 1. The van der Waals surface area contributed by atoms with Gasteiger partial charge in [0, 0.05) is 5.92 Å². The Morgan fingerprint density at radius 2 is 1.76 bits per heavy atom. The lowest BCUT2D eigenvalue weighted by molar-refractivity contribution is -0.140. The van der Waals surface area contributed by atoms with E-state index in [9.17, 15) is 18.3 Å². The summed E-state index contributed by atoms with van der Waals surface area (Å²) in [5.41, 5.74) is 2.74. The van der Waals surface area contributed by atoms with Crippen LogP contribution in [0, 0.1) is 12.8 Å². The molecule has 0 saturated carbocycles. The van der Waals surface area contributed by atoms with Gasteiger partial charge in [-0.25, -0.2) is 8.42 Å². The smallest absolute Gasteiger partial charge is 0.322 e. The molecule has 0 amide bonds. The van der Waals surface area contributed by atoms with Crippen LogP contribution in [0.1, 0.15) is 23.1 Å². The van der Waals surface area contributed by atoms with E-state index < -0.39 is 28.0 Å². The molecule has 3 atom stereocenters. The first-order chi connectivity index (χ1) is 13.8. The Kier molecular flexibility index (Phi) is 6.69. The Labute approximate surface area is 170 Å². The topological polar surface area (TPSA) is 113 Å². The fourth-order valence-corrected chi connectivity index (χ4v) is 4.71. The van der Waals surface area contributed by atoms with Crippen LogP contribution in [0.2, 0.25) is 0 Å². The average molecular weight is 419 g/mol. The maximum absolute atomic E-state index is 12.6. The maximum atomic E-state index is 12.6. The summed E-state index contributed by atoms with van der Waals surface area (Å²) in [6, 6.07) is 12.5. The Balaban J connectivity index is 1.66. The van der Waals surface area contributed by atoms with Crippen LogP contribution < -0.4 is 4.72 Å². The van der Waals surface area contributed by atoms with Gasteiger partial charge in [0.1, 0.15) is 6.04 Å². The molecule has 1 heterocycles. The first-order valence-electron chi connectivity index (χ1n) is 9.40. The van der Waals surface area contributed by atoms with Crippen LogP contribution in [0.3, 0.4) is 0 Å². The molecule has 1 saturated heterocycles. The second-order valence-corrected chi connectivity index (χ2v) is 9.09. The van der Waals surface area contributed by atoms with E-state index in [0.717, 1.165) is 16.7 Å². The monoisotopic (exact) mass is 419 g/mol. The van der Waals surface area contributed by atoms with Crippen molar-refractivity contribution < 1.29 is 28.2 Å². The number of aliphatic hydroxyl groups excluding tert-OH is 1. The molecule has 0 aliphatic carbocycles. The van der Waals surface area contributed by atoms with Crippen molar-refractivity contribution in [3.05, 3.63) is 65.2 Å². The second kappa shape index (κ2) is 9.04. The van der Waals surface area contributed by atoms with E-state index in [1.165, 1.54) is 12.1 Å². The number of rotatable bonds is 8. The molecule has 0 spiro atoms. The van der Waals surface area contributed by atoms with Gasteiger partial charge in [-0.1, -0.05) is 42.0 Å². The van der Waals surface area contributed by atoms with Gasteiger partial charge in [-0.3, -0.25) is 4.79 Å². The van der Waals surface area contributed by atoms with Crippen molar-refractivity contribution in [2.24, 2.45) is 5.92 Å². The van der Waals surface area contributed by atoms with E-state index in [2.05, 4.69) is 4.72 Å². The van der Waals surface area contributed by atoms with Crippen molar-refractivity contribution in [2.45, 2.75) is 43.4 Å². The second-order valence-electron chi connectivity index (χ2n) is 7.38. The molecule has 0 aromatic heterocycles. The number of benzene rings is 2. The molecule has 8 heteroatoms. The van der Waals surface area contributed by atoms with Crippen molar-refractivity contribution in [3.8, 4) is 0 Å². The van der Waals surface area contributed by atoms with Crippen molar-refractivity contribution in [3.63, 3.8) is 0 Å². The van der Waals surface area contributed by atoms with Gasteiger partial charge in [0.2, 0.25) is 10.0 Å². The summed E-state index contributed by atoms with van der Waals surface area (Å²) >= 11 is 0. The number of aliphatic carboxylic acids is 1. The lowest BCUT2D eigenvalue weighted by atomic mass is 9.95. The minimum Gasteiger partial charge on any atom is -0.480 e. The molecule has 0 radical (unpaired) electrons. The third-order valence-corrected chi connectivity index (χ3v) is 6.59. The predicted octanol–water partition coefficient (Wildman–Crippen LogP) is 1.87. The van der Waals surface area contributed by atoms with Crippen molar-refractivity contribution in [2.75, 3.05) is 6.61 Å². The molecule has 156 valence electrons. The first kappa shape index (κ1) is 21.4. The number of carbonyl (C=O) groups is 1. The van der Waals surface area contributed by atoms with Gasteiger partial charge in [0.25, 0.3) is 0 Å². The van der Waals surface area contributed by atoms with Crippen LogP contribution in [-0.4, -0.2) is 43.4 Å². The average Bonchev–Trinajstić information content (AvgIpc) is 3.15. The summed E-state index contributed by atoms with van der Waals surface area (Å²) in [6.07, 6.45) is 0.847. The van der Waals surface area contributed by atoms with Crippen molar-refractivity contribution >= 4 is 16.0 Å². The predicted molar refractivity (Wildman–Crippen MR) is 107 cm³/mol. The van der Waals surface area contributed by atoms with E-state index in [1.54, 1.807) is 12.1 Å². The summed E-state index contributed by atoms with van der Waals surface area (Å²) in [5, 5.41) is 18.7. The zero-order chi connectivity index (χ0) is 21.0.